The van der Waals surface area contributed by atoms with E-state index in [4.69, 9.17) is 18.9 Å². The van der Waals surface area contributed by atoms with Crippen LogP contribution in [0.1, 0.15) is 64.9 Å². The molecule has 1 aromatic carbocycles. The van der Waals surface area contributed by atoms with Gasteiger partial charge in [-0.1, -0.05) is 18.9 Å². The monoisotopic (exact) mass is 420 g/mol. The van der Waals surface area contributed by atoms with E-state index in [9.17, 15) is 9.59 Å². The Morgan fingerprint density at radius 1 is 1.07 bits per heavy atom. The fourth-order valence-corrected chi connectivity index (χ4v) is 3.71. The van der Waals surface area contributed by atoms with Crippen molar-refractivity contribution in [2.45, 2.75) is 71.3 Å². The molecule has 2 rings (SSSR count). The molecular formula is C24H36O6. The van der Waals surface area contributed by atoms with Gasteiger partial charge >= 0.3 is 11.9 Å². The van der Waals surface area contributed by atoms with Crippen LogP contribution in [0.2, 0.25) is 0 Å². The summed E-state index contributed by atoms with van der Waals surface area (Å²) in [5.74, 6) is 0.400. The van der Waals surface area contributed by atoms with E-state index in [2.05, 4.69) is 0 Å². The molecule has 1 aliphatic carbocycles. The molecule has 0 saturated heterocycles. The first-order valence-corrected chi connectivity index (χ1v) is 10.8. The van der Waals surface area contributed by atoms with Gasteiger partial charge in [0.1, 0.15) is 12.2 Å². The molecule has 0 radical (unpaired) electrons. The van der Waals surface area contributed by atoms with Gasteiger partial charge in [0.25, 0.3) is 0 Å². The first-order valence-electron chi connectivity index (χ1n) is 10.8. The minimum Gasteiger partial charge on any atom is -0.493 e. The number of ether oxygens (including phenoxy) is 4. The summed E-state index contributed by atoms with van der Waals surface area (Å²) in [6.45, 7) is 5.61. The second kappa shape index (κ2) is 11.2. The van der Waals surface area contributed by atoms with E-state index >= 15 is 0 Å². The van der Waals surface area contributed by atoms with Crippen LogP contribution in [0.4, 0.5) is 0 Å². The normalized spacial score (nSPS) is 15.5. The zero-order valence-electron chi connectivity index (χ0n) is 19.0. The van der Waals surface area contributed by atoms with Crippen LogP contribution in [0.25, 0.3) is 0 Å². The Bertz CT molecular complexity index is 700. The highest BCUT2D eigenvalue weighted by Crippen LogP contribution is 2.29. The summed E-state index contributed by atoms with van der Waals surface area (Å²) in [6.07, 6.45) is 6.03. The van der Waals surface area contributed by atoms with Crippen molar-refractivity contribution in [2.75, 3.05) is 20.8 Å². The molecule has 0 bridgehead atoms. The average Bonchev–Trinajstić information content (AvgIpc) is 3.23. The molecular weight excluding hydrogens is 384 g/mol. The summed E-state index contributed by atoms with van der Waals surface area (Å²) in [4.78, 5) is 25.0. The summed E-state index contributed by atoms with van der Waals surface area (Å²) < 4.78 is 21.7. The maximum atomic E-state index is 12.7. The van der Waals surface area contributed by atoms with Crippen LogP contribution >= 0.6 is 0 Å². The number of esters is 2. The van der Waals surface area contributed by atoms with Gasteiger partial charge < -0.3 is 18.9 Å². The van der Waals surface area contributed by atoms with Crippen LogP contribution in [-0.2, 0) is 25.5 Å². The summed E-state index contributed by atoms with van der Waals surface area (Å²) in [7, 11) is 3.22. The summed E-state index contributed by atoms with van der Waals surface area (Å²) >= 11 is 0. The van der Waals surface area contributed by atoms with Gasteiger partial charge in [-0.25, -0.2) is 0 Å². The molecule has 1 unspecified atom stereocenters. The molecule has 0 heterocycles. The molecule has 0 spiro atoms. The van der Waals surface area contributed by atoms with Crippen molar-refractivity contribution < 1.29 is 28.5 Å². The van der Waals surface area contributed by atoms with E-state index in [1.165, 1.54) is 0 Å². The molecule has 1 fully saturated rings. The van der Waals surface area contributed by atoms with Crippen molar-refractivity contribution in [1.29, 1.82) is 0 Å². The second-order valence-electron chi connectivity index (χ2n) is 8.92. The minimum absolute atomic E-state index is 0.0175. The smallest absolute Gasteiger partial charge is 0.312 e. The molecule has 30 heavy (non-hydrogen) atoms. The van der Waals surface area contributed by atoms with Crippen molar-refractivity contribution >= 4 is 11.9 Å². The highest BCUT2D eigenvalue weighted by atomic mass is 16.6. The third kappa shape index (κ3) is 7.54. The standard InChI is InChI=1S/C24H36O6/c1-24(2,3)30-23(26)19(16-29-22(25)18-10-6-7-11-18)12-8-9-17-13-14-20(27-4)21(15-17)28-5/h13-15,18-19H,6-12,16H2,1-5H3. The van der Waals surface area contributed by atoms with Gasteiger partial charge in [0.15, 0.2) is 11.5 Å². The van der Waals surface area contributed by atoms with Gasteiger partial charge in [-0.15, -0.1) is 0 Å². The number of hydrogen-bond donors (Lipinski definition) is 0. The number of carbonyl (C=O) groups excluding carboxylic acids is 2. The van der Waals surface area contributed by atoms with Crippen molar-refractivity contribution in [3.63, 3.8) is 0 Å². The van der Waals surface area contributed by atoms with Gasteiger partial charge in [0.2, 0.25) is 0 Å². The number of benzene rings is 1. The Balaban J connectivity index is 1.94. The van der Waals surface area contributed by atoms with E-state index < -0.39 is 11.5 Å². The second-order valence-corrected chi connectivity index (χ2v) is 8.92. The minimum atomic E-state index is -0.575. The zero-order chi connectivity index (χ0) is 22.1. The molecule has 0 aliphatic heterocycles. The predicted octanol–water partition coefficient (Wildman–Crippen LogP) is 4.72. The predicted molar refractivity (Wildman–Crippen MR) is 115 cm³/mol. The van der Waals surface area contributed by atoms with Crippen molar-refractivity contribution in [2.24, 2.45) is 11.8 Å². The Morgan fingerprint density at radius 3 is 2.33 bits per heavy atom. The SMILES string of the molecule is COc1ccc(CCCC(COC(=O)C2CCCC2)C(=O)OC(C)(C)C)cc1OC. The van der Waals surface area contributed by atoms with Crippen LogP contribution in [0, 0.1) is 11.8 Å². The molecule has 1 aliphatic rings. The third-order valence-electron chi connectivity index (χ3n) is 5.32. The number of aryl methyl sites for hydroxylation is 1. The fourth-order valence-electron chi connectivity index (χ4n) is 3.71. The van der Waals surface area contributed by atoms with E-state index in [0.717, 1.165) is 44.1 Å². The number of rotatable bonds is 10. The van der Waals surface area contributed by atoms with Gasteiger partial charge in [0.05, 0.1) is 26.1 Å². The third-order valence-corrected chi connectivity index (χ3v) is 5.32. The molecule has 6 nitrogen and oxygen atoms in total. The van der Waals surface area contributed by atoms with Crippen LogP contribution in [-0.4, -0.2) is 38.4 Å². The Kier molecular flexibility index (Phi) is 9.00. The van der Waals surface area contributed by atoms with Gasteiger partial charge in [-0.05, 0) is 70.6 Å². The Labute approximate surface area is 180 Å². The van der Waals surface area contributed by atoms with Gasteiger partial charge in [-0.3, -0.25) is 9.59 Å². The molecule has 0 amide bonds. The van der Waals surface area contributed by atoms with Crippen LogP contribution in [0.3, 0.4) is 0 Å². The molecule has 168 valence electrons. The van der Waals surface area contributed by atoms with Gasteiger partial charge in [-0.2, -0.15) is 0 Å². The largest absolute Gasteiger partial charge is 0.493 e. The topological polar surface area (TPSA) is 71.1 Å². The number of carbonyl (C=O) groups is 2. The van der Waals surface area contributed by atoms with Crippen molar-refractivity contribution in [3.8, 4) is 11.5 Å². The lowest BCUT2D eigenvalue weighted by Crippen LogP contribution is -2.32. The van der Waals surface area contributed by atoms with E-state index in [0.29, 0.717) is 17.9 Å². The maximum absolute atomic E-state index is 12.7. The quantitative estimate of drug-likeness (QED) is 0.510. The Morgan fingerprint density at radius 2 is 1.73 bits per heavy atom. The molecule has 6 heteroatoms. The highest BCUT2D eigenvalue weighted by molar-refractivity contribution is 5.75. The summed E-state index contributed by atoms with van der Waals surface area (Å²) in [5, 5.41) is 0. The zero-order valence-corrected chi connectivity index (χ0v) is 19.0. The van der Waals surface area contributed by atoms with Crippen LogP contribution in [0.15, 0.2) is 18.2 Å². The summed E-state index contributed by atoms with van der Waals surface area (Å²) in [5.41, 5.74) is 0.521. The first kappa shape index (κ1) is 24.0. The van der Waals surface area contributed by atoms with Crippen LogP contribution in [0.5, 0.6) is 11.5 Å². The molecule has 0 aromatic heterocycles. The maximum Gasteiger partial charge on any atom is 0.312 e. The molecule has 0 N–H and O–H groups in total. The lowest BCUT2D eigenvalue weighted by atomic mass is 9.99. The molecule has 1 aromatic rings. The van der Waals surface area contributed by atoms with Crippen molar-refractivity contribution in [1.82, 2.24) is 0 Å². The molecule has 1 saturated carbocycles. The highest BCUT2D eigenvalue weighted by Gasteiger charge is 2.29. The lowest BCUT2D eigenvalue weighted by molar-refractivity contribution is -0.165. The number of methoxy groups -OCH3 is 2. The van der Waals surface area contributed by atoms with E-state index in [1.54, 1.807) is 14.2 Å². The summed E-state index contributed by atoms with van der Waals surface area (Å²) in [6, 6.07) is 5.81. The Hall–Kier alpha value is -2.24. The van der Waals surface area contributed by atoms with E-state index in [-0.39, 0.29) is 24.5 Å². The van der Waals surface area contributed by atoms with Crippen molar-refractivity contribution in [3.05, 3.63) is 23.8 Å². The average molecular weight is 421 g/mol. The lowest BCUT2D eigenvalue weighted by Gasteiger charge is -2.24. The molecule has 1 atom stereocenters. The van der Waals surface area contributed by atoms with E-state index in [1.807, 2.05) is 39.0 Å². The van der Waals surface area contributed by atoms with Gasteiger partial charge in [0, 0.05) is 0 Å². The van der Waals surface area contributed by atoms with Crippen LogP contribution < -0.4 is 9.47 Å². The first-order chi connectivity index (χ1) is 14.2. The number of hydrogen-bond acceptors (Lipinski definition) is 6. The fraction of sp³-hybridized carbons (Fsp3) is 0.667.